The average Bonchev–Trinajstić information content (AvgIpc) is 2.37. The Hall–Kier alpha value is -1.73. The molecular weight excluding hydrogens is 228 g/mol. The summed E-state index contributed by atoms with van der Waals surface area (Å²) >= 11 is 4.64. The first kappa shape index (κ1) is 14.3. The second-order valence-electron chi connectivity index (χ2n) is 2.63. The minimum absolute atomic E-state index is 0.308. The highest BCUT2D eigenvalue weighted by Crippen LogP contribution is 2.07. The smallest absolute Gasteiger partial charge is 0.211 e. The Bertz CT molecular complexity index is 373. The second kappa shape index (κ2) is 9.81. The summed E-state index contributed by atoms with van der Waals surface area (Å²) in [6.07, 6.45) is 4.41. The number of hydrogen-bond donors (Lipinski definition) is 0. The Balaban J connectivity index is 0.00000106. The van der Waals surface area contributed by atoms with Crippen LogP contribution in [0, 0.1) is 0 Å². The molecule has 0 N–H and O–H groups in total. The topological polar surface area (TPSA) is 58.9 Å². The van der Waals surface area contributed by atoms with Gasteiger partial charge in [-0.3, -0.25) is 0 Å². The van der Waals surface area contributed by atoms with Crippen LogP contribution in [0.3, 0.4) is 0 Å². The predicted octanol–water partition coefficient (Wildman–Crippen LogP) is 2.21. The van der Waals surface area contributed by atoms with Gasteiger partial charge in [-0.1, -0.05) is 24.3 Å². The van der Waals surface area contributed by atoms with Gasteiger partial charge in [0.2, 0.25) is 12.2 Å². The van der Waals surface area contributed by atoms with Gasteiger partial charge in [-0.05, 0) is 11.1 Å². The lowest BCUT2D eigenvalue weighted by Gasteiger charge is -1.98. The number of carbonyl (C=O) groups excluding carboxylic acids is 2. The first-order chi connectivity index (χ1) is 7.86. The summed E-state index contributed by atoms with van der Waals surface area (Å²) in [6, 6.07) is 7.34. The number of benzene rings is 1. The Morgan fingerprint density at radius 1 is 1.06 bits per heavy atom. The highest BCUT2D eigenvalue weighted by molar-refractivity contribution is 6.15. The molecule has 1 rings (SSSR count). The molecule has 0 aliphatic heterocycles. The summed E-state index contributed by atoms with van der Waals surface area (Å²) in [5.41, 5.74) is 1.79. The molecule has 5 heteroatoms. The maximum atomic E-state index is 9.87. The van der Waals surface area contributed by atoms with Crippen LogP contribution < -0.4 is 0 Å². The van der Waals surface area contributed by atoms with Gasteiger partial charge in [0.1, 0.15) is 0 Å². The van der Waals surface area contributed by atoms with Crippen molar-refractivity contribution in [2.75, 3.05) is 6.38 Å². The number of hydrogen-bond acceptors (Lipinski definition) is 4. The molecule has 0 heterocycles. The van der Waals surface area contributed by atoms with E-state index in [4.69, 9.17) is 0 Å². The van der Waals surface area contributed by atoms with Crippen molar-refractivity contribution < 1.29 is 9.59 Å². The SMILES string of the molecule is CCl.O=C=NCc1cccc(CN=C=O)c1. The van der Waals surface area contributed by atoms with Crippen LogP contribution in [0.1, 0.15) is 11.1 Å². The molecule has 16 heavy (non-hydrogen) atoms. The Morgan fingerprint density at radius 3 is 1.88 bits per heavy atom. The van der Waals surface area contributed by atoms with Crippen LogP contribution in [-0.2, 0) is 22.7 Å². The summed E-state index contributed by atoms with van der Waals surface area (Å²) in [5.74, 6) is 0. The number of aliphatic imine (C=N–C) groups is 2. The lowest BCUT2D eigenvalue weighted by Crippen LogP contribution is -1.85. The van der Waals surface area contributed by atoms with Gasteiger partial charge in [0.15, 0.2) is 0 Å². The fourth-order valence-corrected chi connectivity index (χ4v) is 1.07. The quantitative estimate of drug-likeness (QED) is 0.459. The molecule has 4 nitrogen and oxygen atoms in total. The van der Waals surface area contributed by atoms with Crippen LogP contribution in [0.2, 0.25) is 0 Å². The van der Waals surface area contributed by atoms with Crippen LogP contribution in [0.25, 0.3) is 0 Å². The molecular formula is C11H11ClN2O2. The molecule has 0 unspecified atom stereocenters. The lowest BCUT2D eigenvalue weighted by atomic mass is 10.1. The van der Waals surface area contributed by atoms with E-state index in [1.54, 1.807) is 0 Å². The van der Waals surface area contributed by atoms with Gasteiger partial charge in [0.05, 0.1) is 13.1 Å². The third kappa shape index (κ3) is 5.89. The Morgan fingerprint density at radius 2 is 1.50 bits per heavy atom. The zero-order valence-electron chi connectivity index (χ0n) is 8.81. The molecule has 1 aromatic carbocycles. The van der Waals surface area contributed by atoms with E-state index in [-0.39, 0.29) is 0 Å². The van der Waals surface area contributed by atoms with Gasteiger partial charge < -0.3 is 0 Å². The minimum atomic E-state index is 0.308. The monoisotopic (exact) mass is 238 g/mol. The molecule has 0 amide bonds. The highest BCUT2D eigenvalue weighted by Gasteiger charge is 1.94. The Kier molecular flexibility index (Phi) is 8.75. The van der Waals surface area contributed by atoms with E-state index < -0.39 is 0 Å². The predicted molar refractivity (Wildman–Crippen MR) is 61.9 cm³/mol. The van der Waals surface area contributed by atoms with E-state index in [9.17, 15) is 9.59 Å². The molecule has 0 radical (unpaired) electrons. The number of rotatable bonds is 4. The summed E-state index contributed by atoms with van der Waals surface area (Å²) < 4.78 is 0. The van der Waals surface area contributed by atoms with E-state index in [0.717, 1.165) is 11.1 Å². The van der Waals surface area contributed by atoms with Crippen molar-refractivity contribution in [3.8, 4) is 0 Å². The molecule has 0 saturated carbocycles. The molecule has 84 valence electrons. The number of isocyanates is 2. The third-order valence-corrected chi connectivity index (χ3v) is 1.64. The lowest BCUT2D eigenvalue weighted by molar-refractivity contribution is 0.562. The average molecular weight is 239 g/mol. The van der Waals surface area contributed by atoms with E-state index >= 15 is 0 Å². The van der Waals surface area contributed by atoms with Crippen LogP contribution in [0.5, 0.6) is 0 Å². The van der Waals surface area contributed by atoms with E-state index in [1.165, 1.54) is 18.5 Å². The molecule has 1 aromatic rings. The van der Waals surface area contributed by atoms with Gasteiger partial charge in [-0.15, -0.1) is 11.6 Å². The van der Waals surface area contributed by atoms with Gasteiger partial charge in [0, 0.05) is 6.38 Å². The molecule has 0 fully saturated rings. The molecule has 0 atom stereocenters. The standard InChI is InChI=1S/C10H8N2O2.CH3Cl/c13-7-11-5-9-2-1-3-10(4-9)6-12-8-14;1-2/h1-4H,5-6H2;1H3. The van der Waals surface area contributed by atoms with Crippen LogP contribution in [-0.4, -0.2) is 18.5 Å². The summed E-state index contributed by atoms with van der Waals surface area (Å²) in [4.78, 5) is 26.6. The van der Waals surface area contributed by atoms with Crippen molar-refractivity contribution >= 4 is 23.8 Å². The molecule has 0 bridgehead atoms. The fourth-order valence-electron chi connectivity index (χ4n) is 1.07. The first-order valence-corrected chi connectivity index (χ1v) is 5.15. The van der Waals surface area contributed by atoms with Crippen molar-refractivity contribution in [1.29, 1.82) is 0 Å². The van der Waals surface area contributed by atoms with Gasteiger partial charge >= 0.3 is 0 Å². The number of alkyl halides is 1. The van der Waals surface area contributed by atoms with E-state index in [1.807, 2.05) is 24.3 Å². The van der Waals surface area contributed by atoms with Crippen molar-refractivity contribution in [2.24, 2.45) is 9.98 Å². The van der Waals surface area contributed by atoms with Gasteiger partial charge in [-0.2, -0.15) is 0 Å². The van der Waals surface area contributed by atoms with E-state index in [0.29, 0.717) is 13.1 Å². The van der Waals surface area contributed by atoms with Gasteiger partial charge in [-0.25, -0.2) is 19.6 Å². The normalized spacial score (nSPS) is 7.88. The highest BCUT2D eigenvalue weighted by atomic mass is 35.5. The summed E-state index contributed by atoms with van der Waals surface area (Å²) in [6.45, 7) is 0.615. The zero-order chi connectivity index (χ0) is 12.2. The van der Waals surface area contributed by atoms with Crippen molar-refractivity contribution in [3.05, 3.63) is 35.4 Å². The van der Waals surface area contributed by atoms with Crippen LogP contribution >= 0.6 is 11.6 Å². The molecule has 0 spiro atoms. The van der Waals surface area contributed by atoms with E-state index in [2.05, 4.69) is 21.6 Å². The maximum Gasteiger partial charge on any atom is 0.235 e. The molecule has 0 aliphatic rings. The van der Waals surface area contributed by atoms with Crippen molar-refractivity contribution in [2.45, 2.75) is 13.1 Å². The largest absolute Gasteiger partial charge is 0.235 e. The Labute approximate surface area is 98.7 Å². The van der Waals surface area contributed by atoms with Crippen molar-refractivity contribution in [1.82, 2.24) is 0 Å². The van der Waals surface area contributed by atoms with Crippen LogP contribution in [0.15, 0.2) is 34.3 Å². The minimum Gasteiger partial charge on any atom is -0.211 e. The zero-order valence-corrected chi connectivity index (χ0v) is 9.57. The number of nitrogens with zero attached hydrogens (tertiary/aromatic N) is 2. The number of halogens is 1. The van der Waals surface area contributed by atoms with Crippen LogP contribution in [0.4, 0.5) is 0 Å². The molecule has 0 saturated heterocycles. The molecule has 0 aromatic heterocycles. The van der Waals surface area contributed by atoms with Gasteiger partial charge in [0.25, 0.3) is 0 Å². The fraction of sp³-hybridized carbons (Fsp3) is 0.273. The first-order valence-electron chi connectivity index (χ1n) is 4.39. The summed E-state index contributed by atoms with van der Waals surface area (Å²) in [7, 11) is 0. The third-order valence-electron chi connectivity index (χ3n) is 1.64. The maximum absolute atomic E-state index is 9.87. The second-order valence-corrected chi connectivity index (χ2v) is 2.63. The molecule has 0 aliphatic carbocycles. The summed E-state index contributed by atoms with van der Waals surface area (Å²) in [5, 5.41) is 0. The van der Waals surface area contributed by atoms with Crippen molar-refractivity contribution in [3.63, 3.8) is 0 Å².